The Morgan fingerprint density at radius 1 is 1.19 bits per heavy atom. The maximum atomic E-state index is 12.2. The van der Waals surface area contributed by atoms with Crippen LogP contribution in [0.4, 0.5) is 0 Å². The standard InChI is InChI=1S/C15H22ClNO3S/c1-20-14-6-4-13(5-7-14)17-10-11-21(18,19)15-8-2-12(16)3-9-15/h2-3,8-9,13-14,17H,4-7,10-11H2,1H3. The molecule has 6 heteroatoms. The lowest BCUT2D eigenvalue weighted by molar-refractivity contribution is 0.0628. The molecule has 0 aromatic heterocycles. The van der Waals surface area contributed by atoms with Gasteiger partial charge in [-0.15, -0.1) is 0 Å². The van der Waals surface area contributed by atoms with Crippen molar-refractivity contribution >= 4 is 21.4 Å². The van der Waals surface area contributed by atoms with Crippen molar-refractivity contribution < 1.29 is 13.2 Å². The molecule has 21 heavy (non-hydrogen) atoms. The normalized spacial score (nSPS) is 23.1. The topological polar surface area (TPSA) is 55.4 Å². The second-order valence-electron chi connectivity index (χ2n) is 5.44. The number of nitrogens with one attached hydrogen (secondary N) is 1. The number of sulfone groups is 1. The van der Waals surface area contributed by atoms with Gasteiger partial charge in [0.2, 0.25) is 0 Å². The average molecular weight is 332 g/mol. The predicted octanol–water partition coefficient (Wildman–Crippen LogP) is 2.66. The summed E-state index contributed by atoms with van der Waals surface area (Å²) in [5, 5.41) is 3.89. The van der Waals surface area contributed by atoms with Gasteiger partial charge in [0.25, 0.3) is 0 Å². The Hall–Kier alpha value is -0.620. The van der Waals surface area contributed by atoms with E-state index in [0.29, 0.717) is 28.6 Å². The van der Waals surface area contributed by atoms with Gasteiger partial charge >= 0.3 is 0 Å². The van der Waals surface area contributed by atoms with Gasteiger partial charge in [0.1, 0.15) is 0 Å². The summed E-state index contributed by atoms with van der Waals surface area (Å²) < 4.78 is 29.7. The third-order valence-electron chi connectivity index (χ3n) is 3.98. The first-order valence-electron chi connectivity index (χ1n) is 7.26. The lowest BCUT2D eigenvalue weighted by atomic mass is 9.93. The maximum Gasteiger partial charge on any atom is 0.179 e. The molecule has 0 heterocycles. The molecule has 0 aliphatic heterocycles. The van der Waals surface area contributed by atoms with Crippen molar-refractivity contribution in [1.82, 2.24) is 5.32 Å². The van der Waals surface area contributed by atoms with Gasteiger partial charge in [0, 0.05) is 24.7 Å². The lowest BCUT2D eigenvalue weighted by Crippen LogP contribution is -2.37. The fourth-order valence-corrected chi connectivity index (χ4v) is 3.96. The zero-order valence-corrected chi connectivity index (χ0v) is 13.8. The van der Waals surface area contributed by atoms with E-state index in [0.717, 1.165) is 25.7 Å². The molecule has 0 radical (unpaired) electrons. The molecule has 1 aliphatic rings. The van der Waals surface area contributed by atoms with Gasteiger partial charge in [-0.1, -0.05) is 11.6 Å². The first-order chi connectivity index (χ1) is 10.0. The second kappa shape index (κ2) is 7.58. The van der Waals surface area contributed by atoms with Crippen molar-refractivity contribution in [3.8, 4) is 0 Å². The van der Waals surface area contributed by atoms with Gasteiger partial charge in [0.15, 0.2) is 9.84 Å². The van der Waals surface area contributed by atoms with Crippen molar-refractivity contribution in [3.63, 3.8) is 0 Å². The maximum absolute atomic E-state index is 12.2. The molecule has 0 amide bonds. The number of halogens is 1. The number of benzene rings is 1. The van der Waals surface area contributed by atoms with Crippen LogP contribution in [0.15, 0.2) is 29.2 Å². The molecule has 1 N–H and O–H groups in total. The molecule has 0 spiro atoms. The van der Waals surface area contributed by atoms with Crippen LogP contribution < -0.4 is 5.32 Å². The molecular formula is C15H22ClNO3S. The highest BCUT2D eigenvalue weighted by molar-refractivity contribution is 7.91. The van der Waals surface area contributed by atoms with E-state index in [9.17, 15) is 8.42 Å². The summed E-state index contributed by atoms with van der Waals surface area (Å²) in [5.41, 5.74) is 0. The first kappa shape index (κ1) is 16.7. The molecular weight excluding hydrogens is 310 g/mol. The van der Waals surface area contributed by atoms with Crippen molar-refractivity contribution in [2.75, 3.05) is 19.4 Å². The van der Waals surface area contributed by atoms with Crippen LogP contribution in [0, 0.1) is 0 Å². The molecule has 0 bridgehead atoms. The Morgan fingerprint density at radius 3 is 2.38 bits per heavy atom. The van der Waals surface area contributed by atoms with E-state index in [2.05, 4.69) is 5.32 Å². The van der Waals surface area contributed by atoms with Gasteiger partial charge < -0.3 is 10.1 Å². The molecule has 118 valence electrons. The highest BCUT2D eigenvalue weighted by Gasteiger charge is 2.21. The van der Waals surface area contributed by atoms with E-state index >= 15 is 0 Å². The number of rotatable bonds is 6. The molecule has 1 aromatic rings. The summed E-state index contributed by atoms with van der Waals surface area (Å²) in [4.78, 5) is 0.330. The number of ether oxygens (including phenoxy) is 1. The van der Waals surface area contributed by atoms with Crippen LogP contribution in [0.3, 0.4) is 0 Å². The monoisotopic (exact) mass is 331 g/mol. The Kier molecular flexibility index (Phi) is 6.05. The number of hydrogen-bond acceptors (Lipinski definition) is 4. The summed E-state index contributed by atoms with van der Waals surface area (Å²) in [6.45, 7) is 0.479. The minimum Gasteiger partial charge on any atom is -0.381 e. The summed E-state index contributed by atoms with van der Waals surface area (Å²) in [7, 11) is -1.49. The summed E-state index contributed by atoms with van der Waals surface area (Å²) in [6, 6.07) is 6.72. The molecule has 0 unspecified atom stereocenters. The van der Waals surface area contributed by atoms with Crippen LogP contribution in [-0.4, -0.2) is 40.0 Å². The molecule has 0 atom stereocenters. The highest BCUT2D eigenvalue weighted by atomic mass is 35.5. The molecule has 1 aliphatic carbocycles. The summed E-state index contributed by atoms with van der Waals surface area (Å²) >= 11 is 5.77. The molecule has 1 fully saturated rings. The van der Waals surface area contributed by atoms with Crippen LogP contribution in [-0.2, 0) is 14.6 Å². The van der Waals surface area contributed by atoms with Gasteiger partial charge in [-0.2, -0.15) is 0 Å². The van der Waals surface area contributed by atoms with Crippen LogP contribution >= 0.6 is 11.6 Å². The van der Waals surface area contributed by atoms with Crippen molar-refractivity contribution in [2.45, 2.75) is 42.7 Å². The Labute approximate surface area is 131 Å². The van der Waals surface area contributed by atoms with E-state index in [1.165, 1.54) is 0 Å². The summed E-state index contributed by atoms with van der Waals surface area (Å²) in [6.07, 6.45) is 4.52. The Bertz CT molecular complexity index is 537. The van der Waals surface area contributed by atoms with E-state index < -0.39 is 9.84 Å². The summed E-state index contributed by atoms with van der Waals surface area (Å²) in [5.74, 6) is 0.110. The lowest BCUT2D eigenvalue weighted by Gasteiger charge is -2.28. The highest BCUT2D eigenvalue weighted by Crippen LogP contribution is 2.20. The van der Waals surface area contributed by atoms with Crippen molar-refractivity contribution in [3.05, 3.63) is 29.3 Å². The van der Waals surface area contributed by atoms with E-state index in [4.69, 9.17) is 16.3 Å². The SMILES string of the molecule is COC1CCC(NCCS(=O)(=O)c2ccc(Cl)cc2)CC1. The quantitative estimate of drug-likeness (QED) is 0.870. The number of hydrogen-bond donors (Lipinski definition) is 1. The Balaban J connectivity index is 1.79. The first-order valence-corrected chi connectivity index (χ1v) is 9.29. The number of methoxy groups -OCH3 is 1. The average Bonchev–Trinajstić information content (AvgIpc) is 2.48. The van der Waals surface area contributed by atoms with Crippen LogP contribution in [0.25, 0.3) is 0 Å². The van der Waals surface area contributed by atoms with Crippen LogP contribution in [0.5, 0.6) is 0 Å². The predicted molar refractivity (Wildman–Crippen MR) is 84.6 cm³/mol. The van der Waals surface area contributed by atoms with Gasteiger partial charge in [-0.25, -0.2) is 8.42 Å². The minimum atomic E-state index is -3.24. The van der Waals surface area contributed by atoms with Gasteiger partial charge in [-0.05, 0) is 49.9 Å². The fourth-order valence-electron chi connectivity index (χ4n) is 2.66. The van der Waals surface area contributed by atoms with Crippen LogP contribution in [0.2, 0.25) is 5.02 Å². The third kappa shape index (κ3) is 4.95. The zero-order chi connectivity index (χ0) is 15.3. The van der Waals surface area contributed by atoms with Crippen molar-refractivity contribution in [1.29, 1.82) is 0 Å². The second-order valence-corrected chi connectivity index (χ2v) is 7.98. The largest absolute Gasteiger partial charge is 0.381 e. The molecule has 1 saturated carbocycles. The van der Waals surface area contributed by atoms with E-state index in [1.807, 2.05) is 0 Å². The third-order valence-corrected chi connectivity index (χ3v) is 5.97. The Morgan fingerprint density at radius 2 is 1.81 bits per heavy atom. The minimum absolute atomic E-state index is 0.110. The molecule has 0 saturated heterocycles. The smallest absolute Gasteiger partial charge is 0.179 e. The van der Waals surface area contributed by atoms with Crippen molar-refractivity contribution in [2.24, 2.45) is 0 Å². The van der Waals surface area contributed by atoms with E-state index in [1.54, 1.807) is 31.4 Å². The van der Waals surface area contributed by atoms with Gasteiger partial charge in [0.05, 0.1) is 16.8 Å². The molecule has 2 rings (SSSR count). The van der Waals surface area contributed by atoms with E-state index in [-0.39, 0.29) is 5.75 Å². The van der Waals surface area contributed by atoms with Gasteiger partial charge in [-0.3, -0.25) is 0 Å². The fraction of sp³-hybridized carbons (Fsp3) is 0.600. The zero-order valence-electron chi connectivity index (χ0n) is 12.2. The van der Waals surface area contributed by atoms with Crippen LogP contribution in [0.1, 0.15) is 25.7 Å². The molecule has 1 aromatic carbocycles. The molecule has 4 nitrogen and oxygen atoms in total.